The number of carbonyl (C=O) groups is 2. The van der Waals surface area contributed by atoms with Crippen molar-refractivity contribution in [2.24, 2.45) is 0 Å². The quantitative estimate of drug-likeness (QED) is 0.772. The molecule has 1 saturated heterocycles. The number of anilines is 1. The number of piperidine rings is 1. The lowest BCUT2D eigenvalue weighted by Gasteiger charge is -2.36. The summed E-state index contributed by atoms with van der Waals surface area (Å²) in [6, 6.07) is 13.1. The zero-order valence-electron chi connectivity index (χ0n) is 18.1. The summed E-state index contributed by atoms with van der Waals surface area (Å²) < 4.78 is 11.6. The lowest BCUT2D eigenvalue weighted by atomic mass is 10.0. The van der Waals surface area contributed by atoms with Crippen LogP contribution in [0.25, 0.3) is 0 Å². The normalized spacial score (nSPS) is 18.3. The molecule has 31 heavy (non-hydrogen) atoms. The van der Waals surface area contributed by atoms with Crippen LogP contribution in [0, 0.1) is 0 Å². The zero-order chi connectivity index (χ0) is 21.8. The van der Waals surface area contributed by atoms with Gasteiger partial charge in [-0.3, -0.25) is 9.59 Å². The second-order valence-electron chi connectivity index (χ2n) is 7.87. The predicted octanol–water partition coefficient (Wildman–Crippen LogP) is 3.36. The molecular weight excluding hydrogens is 394 g/mol. The number of fused-ring (bicyclic) bond motifs is 1. The van der Waals surface area contributed by atoms with Crippen LogP contribution in [0.2, 0.25) is 0 Å². The minimum atomic E-state index is -0.328. The number of ether oxygens (including phenoxy) is 2. The van der Waals surface area contributed by atoms with E-state index in [2.05, 4.69) is 5.32 Å². The molecule has 4 rings (SSSR count). The third kappa shape index (κ3) is 4.45. The molecule has 1 unspecified atom stereocenters. The molecular formula is C24H29N3O4. The molecule has 0 aromatic heterocycles. The monoisotopic (exact) mass is 423 g/mol. The fourth-order valence-electron chi connectivity index (χ4n) is 4.17. The minimum absolute atomic E-state index is 0.00195. The molecule has 2 aromatic rings. The molecule has 2 aliphatic heterocycles. The van der Waals surface area contributed by atoms with Gasteiger partial charge in [0.15, 0.2) is 18.1 Å². The minimum Gasteiger partial charge on any atom is -0.490 e. The van der Waals surface area contributed by atoms with Crippen LogP contribution in [0.4, 0.5) is 5.69 Å². The summed E-state index contributed by atoms with van der Waals surface area (Å²) in [4.78, 5) is 28.9. The highest BCUT2D eigenvalue weighted by atomic mass is 16.5. The zero-order valence-corrected chi connectivity index (χ0v) is 18.1. The van der Waals surface area contributed by atoms with E-state index in [-0.39, 0.29) is 24.6 Å². The SMILES string of the molecule is CCOc1cc(C2NC(=O)c3ccccc3N2C)ccc1OCC(=O)N1CCCCC1. The Labute approximate surface area is 182 Å². The van der Waals surface area contributed by atoms with Crippen LogP contribution in [-0.4, -0.2) is 50.1 Å². The molecule has 0 aliphatic carbocycles. The Hall–Kier alpha value is -3.22. The van der Waals surface area contributed by atoms with Crippen molar-refractivity contribution in [3.8, 4) is 11.5 Å². The number of amides is 2. The van der Waals surface area contributed by atoms with Gasteiger partial charge in [0.25, 0.3) is 11.8 Å². The van der Waals surface area contributed by atoms with Gasteiger partial charge in [0.05, 0.1) is 17.9 Å². The van der Waals surface area contributed by atoms with E-state index in [0.29, 0.717) is 23.7 Å². The van der Waals surface area contributed by atoms with Crippen molar-refractivity contribution in [3.63, 3.8) is 0 Å². The highest BCUT2D eigenvalue weighted by Gasteiger charge is 2.29. The number of nitrogens with one attached hydrogen (secondary N) is 1. The van der Waals surface area contributed by atoms with Crippen LogP contribution < -0.4 is 19.7 Å². The predicted molar refractivity (Wildman–Crippen MR) is 119 cm³/mol. The van der Waals surface area contributed by atoms with Crippen LogP contribution >= 0.6 is 0 Å². The van der Waals surface area contributed by atoms with Gasteiger partial charge in [0, 0.05) is 20.1 Å². The van der Waals surface area contributed by atoms with Gasteiger partial charge in [-0.05, 0) is 56.0 Å². The molecule has 1 fully saturated rings. The Morgan fingerprint density at radius 1 is 1.06 bits per heavy atom. The highest BCUT2D eigenvalue weighted by molar-refractivity contribution is 6.02. The Morgan fingerprint density at radius 3 is 2.61 bits per heavy atom. The molecule has 0 saturated carbocycles. The first-order chi connectivity index (χ1) is 15.1. The fourth-order valence-corrected chi connectivity index (χ4v) is 4.17. The third-order valence-electron chi connectivity index (χ3n) is 5.83. The van der Waals surface area contributed by atoms with Crippen LogP contribution in [0.1, 0.15) is 48.3 Å². The Bertz CT molecular complexity index is 956. The van der Waals surface area contributed by atoms with Crippen molar-refractivity contribution >= 4 is 17.5 Å². The molecule has 1 atom stereocenters. The molecule has 164 valence electrons. The number of carbonyl (C=O) groups excluding carboxylic acids is 2. The van der Waals surface area contributed by atoms with Gasteiger partial charge in [0.2, 0.25) is 0 Å². The number of hydrogen-bond acceptors (Lipinski definition) is 5. The molecule has 2 aromatic carbocycles. The molecule has 2 aliphatic rings. The fraction of sp³-hybridized carbons (Fsp3) is 0.417. The second kappa shape index (κ2) is 9.29. The van der Waals surface area contributed by atoms with Crippen LogP contribution in [0.15, 0.2) is 42.5 Å². The van der Waals surface area contributed by atoms with Crippen molar-refractivity contribution in [1.29, 1.82) is 0 Å². The van der Waals surface area contributed by atoms with Crippen molar-refractivity contribution in [2.45, 2.75) is 32.4 Å². The summed E-state index contributed by atoms with van der Waals surface area (Å²) in [6.07, 6.45) is 2.95. The largest absolute Gasteiger partial charge is 0.490 e. The van der Waals surface area contributed by atoms with E-state index in [4.69, 9.17) is 9.47 Å². The molecule has 7 nitrogen and oxygen atoms in total. The molecule has 1 N–H and O–H groups in total. The Morgan fingerprint density at radius 2 is 1.84 bits per heavy atom. The molecule has 2 amide bonds. The number of likely N-dealkylation sites (tertiary alicyclic amines) is 1. The van der Waals surface area contributed by atoms with Gasteiger partial charge < -0.3 is 24.6 Å². The standard InChI is InChI=1S/C24H29N3O4/c1-3-30-21-15-17(23-25-24(29)18-9-5-6-10-19(18)26(23)2)11-12-20(21)31-16-22(28)27-13-7-4-8-14-27/h5-6,9-12,15,23H,3-4,7-8,13-14,16H2,1-2H3,(H,25,29). The Kier molecular flexibility index (Phi) is 6.30. The highest BCUT2D eigenvalue weighted by Crippen LogP contribution is 2.36. The maximum Gasteiger partial charge on any atom is 0.260 e. The first-order valence-corrected chi connectivity index (χ1v) is 10.9. The maximum atomic E-state index is 12.6. The van der Waals surface area contributed by atoms with E-state index < -0.39 is 0 Å². The summed E-state index contributed by atoms with van der Waals surface area (Å²) in [6.45, 7) is 3.96. The van der Waals surface area contributed by atoms with Crippen molar-refractivity contribution in [3.05, 3.63) is 53.6 Å². The van der Waals surface area contributed by atoms with Gasteiger partial charge >= 0.3 is 0 Å². The van der Waals surface area contributed by atoms with Gasteiger partial charge in [-0.15, -0.1) is 0 Å². The molecule has 7 heteroatoms. The van der Waals surface area contributed by atoms with E-state index in [1.807, 2.05) is 66.2 Å². The Balaban J connectivity index is 1.52. The topological polar surface area (TPSA) is 71.1 Å². The first-order valence-electron chi connectivity index (χ1n) is 10.9. The van der Waals surface area contributed by atoms with Crippen LogP contribution in [0.3, 0.4) is 0 Å². The van der Waals surface area contributed by atoms with E-state index in [9.17, 15) is 9.59 Å². The third-order valence-corrected chi connectivity index (χ3v) is 5.83. The molecule has 0 spiro atoms. The number of hydrogen-bond donors (Lipinski definition) is 1. The molecule has 0 radical (unpaired) electrons. The summed E-state index contributed by atoms with van der Waals surface area (Å²) in [5.41, 5.74) is 2.41. The number of para-hydroxylation sites is 1. The number of nitrogens with zero attached hydrogens (tertiary/aromatic N) is 2. The summed E-state index contributed by atoms with van der Waals surface area (Å²) in [5.74, 6) is 0.986. The first kappa shape index (κ1) is 21.0. The second-order valence-corrected chi connectivity index (χ2v) is 7.87. The number of rotatable bonds is 6. The van der Waals surface area contributed by atoms with E-state index >= 15 is 0 Å². The summed E-state index contributed by atoms with van der Waals surface area (Å²) >= 11 is 0. The van der Waals surface area contributed by atoms with Gasteiger partial charge in [-0.1, -0.05) is 18.2 Å². The van der Waals surface area contributed by atoms with E-state index in [0.717, 1.165) is 37.2 Å². The van der Waals surface area contributed by atoms with E-state index in [1.165, 1.54) is 6.42 Å². The average Bonchev–Trinajstić information content (AvgIpc) is 2.81. The molecule has 2 heterocycles. The lowest BCUT2D eigenvalue weighted by molar-refractivity contribution is -0.134. The van der Waals surface area contributed by atoms with Gasteiger partial charge in [0.1, 0.15) is 6.17 Å². The van der Waals surface area contributed by atoms with Crippen LogP contribution in [-0.2, 0) is 4.79 Å². The van der Waals surface area contributed by atoms with Gasteiger partial charge in [-0.2, -0.15) is 0 Å². The summed E-state index contributed by atoms with van der Waals surface area (Å²) in [7, 11) is 1.95. The van der Waals surface area contributed by atoms with Crippen molar-refractivity contribution in [2.75, 3.05) is 38.3 Å². The lowest BCUT2D eigenvalue weighted by Crippen LogP contribution is -2.44. The summed E-state index contributed by atoms with van der Waals surface area (Å²) in [5, 5.41) is 3.05. The molecule has 0 bridgehead atoms. The maximum absolute atomic E-state index is 12.6. The van der Waals surface area contributed by atoms with Gasteiger partial charge in [-0.25, -0.2) is 0 Å². The van der Waals surface area contributed by atoms with Crippen LogP contribution in [0.5, 0.6) is 11.5 Å². The van der Waals surface area contributed by atoms with Crippen molar-refractivity contribution < 1.29 is 19.1 Å². The van der Waals surface area contributed by atoms with E-state index in [1.54, 1.807) is 0 Å². The smallest absolute Gasteiger partial charge is 0.260 e. The van der Waals surface area contributed by atoms with Crippen molar-refractivity contribution in [1.82, 2.24) is 10.2 Å². The average molecular weight is 424 g/mol. The number of benzene rings is 2.